The molecular formula is C15H26N2O. The quantitative estimate of drug-likeness (QED) is 0.892. The second-order valence-corrected chi connectivity index (χ2v) is 6.10. The number of ether oxygens (including phenoxy) is 1. The van der Waals surface area contributed by atoms with Gasteiger partial charge in [0, 0.05) is 30.9 Å². The van der Waals surface area contributed by atoms with Gasteiger partial charge in [0.25, 0.3) is 0 Å². The van der Waals surface area contributed by atoms with Crippen molar-refractivity contribution in [3.8, 4) is 5.75 Å². The lowest BCUT2D eigenvalue weighted by atomic mass is 9.95. The number of hydrogen-bond donors (Lipinski definition) is 1. The highest BCUT2D eigenvalue weighted by atomic mass is 16.5. The largest absolute Gasteiger partial charge is 0.496 e. The smallest absolute Gasteiger partial charge is 0.125 e. The van der Waals surface area contributed by atoms with Gasteiger partial charge >= 0.3 is 0 Å². The summed E-state index contributed by atoms with van der Waals surface area (Å²) in [4.78, 5) is 2.25. The summed E-state index contributed by atoms with van der Waals surface area (Å²) in [6.45, 7) is 9.66. The molecule has 1 aromatic rings. The fraction of sp³-hybridized carbons (Fsp3) is 0.600. The summed E-state index contributed by atoms with van der Waals surface area (Å²) in [6.07, 6.45) is 0. The maximum Gasteiger partial charge on any atom is 0.125 e. The molecule has 0 saturated carbocycles. The van der Waals surface area contributed by atoms with Gasteiger partial charge in [-0.05, 0) is 24.5 Å². The number of nitrogens with two attached hydrogens (primary N) is 1. The summed E-state index contributed by atoms with van der Waals surface area (Å²) < 4.78 is 5.42. The number of methoxy groups -OCH3 is 1. The number of rotatable bonds is 4. The van der Waals surface area contributed by atoms with Crippen LogP contribution in [0.3, 0.4) is 0 Å². The first-order chi connectivity index (χ1) is 8.26. The zero-order valence-electron chi connectivity index (χ0n) is 12.4. The first-order valence-electron chi connectivity index (χ1n) is 6.40. The van der Waals surface area contributed by atoms with E-state index in [9.17, 15) is 0 Å². The fourth-order valence-electron chi connectivity index (χ4n) is 2.30. The third kappa shape index (κ3) is 3.64. The van der Waals surface area contributed by atoms with E-state index in [1.54, 1.807) is 7.11 Å². The molecule has 2 N–H and O–H groups in total. The molecule has 1 atom stereocenters. The van der Waals surface area contributed by atoms with Gasteiger partial charge in [-0.15, -0.1) is 0 Å². The van der Waals surface area contributed by atoms with Gasteiger partial charge < -0.3 is 15.4 Å². The Morgan fingerprint density at radius 2 is 1.94 bits per heavy atom. The van der Waals surface area contributed by atoms with E-state index in [2.05, 4.69) is 38.8 Å². The van der Waals surface area contributed by atoms with Gasteiger partial charge in [0.2, 0.25) is 0 Å². The van der Waals surface area contributed by atoms with Gasteiger partial charge in [0.05, 0.1) is 7.11 Å². The summed E-state index contributed by atoms with van der Waals surface area (Å²) in [7, 11) is 3.79. The summed E-state index contributed by atoms with van der Waals surface area (Å²) in [5, 5.41) is 0. The molecule has 0 unspecified atom stereocenters. The van der Waals surface area contributed by atoms with Crippen LogP contribution < -0.4 is 15.4 Å². The minimum absolute atomic E-state index is 0.0430. The molecule has 0 saturated heterocycles. The van der Waals surface area contributed by atoms with E-state index in [0.29, 0.717) is 0 Å². The van der Waals surface area contributed by atoms with Crippen molar-refractivity contribution in [3.63, 3.8) is 0 Å². The van der Waals surface area contributed by atoms with Crippen LogP contribution in [0.2, 0.25) is 0 Å². The molecular weight excluding hydrogens is 224 g/mol. The maximum atomic E-state index is 6.09. The highest BCUT2D eigenvalue weighted by Crippen LogP contribution is 2.34. The first-order valence-corrected chi connectivity index (χ1v) is 6.40. The molecule has 1 rings (SSSR count). The Labute approximate surface area is 111 Å². The second-order valence-electron chi connectivity index (χ2n) is 6.10. The standard InChI is InChI=1S/C15H26N2O/c1-11(16)14-12(8-7-9-13(14)18-6)17(5)10-15(2,3)4/h7-9,11H,10,16H2,1-6H3/t11-/m1/s1. The molecule has 0 amide bonds. The van der Waals surface area contributed by atoms with Crippen molar-refractivity contribution in [2.24, 2.45) is 11.1 Å². The molecule has 0 aliphatic rings. The van der Waals surface area contributed by atoms with Crippen LogP contribution in [0.15, 0.2) is 18.2 Å². The van der Waals surface area contributed by atoms with Crippen molar-refractivity contribution in [2.75, 3.05) is 25.6 Å². The number of hydrogen-bond acceptors (Lipinski definition) is 3. The van der Waals surface area contributed by atoms with Crippen LogP contribution >= 0.6 is 0 Å². The molecule has 0 aliphatic heterocycles. The van der Waals surface area contributed by atoms with Crippen LogP contribution in [0, 0.1) is 5.41 Å². The SMILES string of the molecule is COc1cccc(N(C)CC(C)(C)C)c1[C@@H](C)N. The average molecular weight is 250 g/mol. The third-order valence-corrected chi connectivity index (χ3v) is 2.84. The Kier molecular flexibility index (Phi) is 4.63. The van der Waals surface area contributed by atoms with Crippen molar-refractivity contribution < 1.29 is 4.74 Å². The fourth-order valence-corrected chi connectivity index (χ4v) is 2.30. The van der Waals surface area contributed by atoms with Gasteiger partial charge in [-0.3, -0.25) is 0 Å². The van der Waals surface area contributed by atoms with Gasteiger partial charge in [-0.25, -0.2) is 0 Å². The van der Waals surface area contributed by atoms with Gasteiger partial charge in [-0.1, -0.05) is 26.8 Å². The Balaban J connectivity index is 3.15. The van der Waals surface area contributed by atoms with E-state index in [4.69, 9.17) is 10.5 Å². The molecule has 3 nitrogen and oxygen atoms in total. The lowest BCUT2D eigenvalue weighted by Gasteiger charge is -2.31. The summed E-state index contributed by atoms with van der Waals surface area (Å²) in [5.41, 5.74) is 8.56. The van der Waals surface area contributed by atoms with Crippen molar-refractivity contribution in [2.45, 2.75) is 33.7 Å². The highest BCUT2D eigenvalue weighted by Gasteiger charge is 2.19. The molecule has 102 valence electrons. The molecule has 0 heterocycles. The van der Waals surface area contributed by atoms with Crippen LogP contribution in [-0.4, -0.2) is 20.7 Å². The summed E-state index contributed by atoms with van der Waals surface area (Å²) in [6, 6.07) is 6.04. The van der Waals surface area contributed by atoms with Gasteiger partial charge in [0.1, 0.15) is 5.75 Å². The molecule has 0 aromatic heterocycles. The summed E-state index contributed by atoms with van der Waals surface area (Å²) >= 11 is 0. The minimum Gasteiger partial charge on any atom is -0.496 e. The average Bonchev–Trinajstić information content (AvgIpc) is 2.25. The predicted molar refractivity (Wildman–Crippen MR) is 78.3 cm³/mol. The summed E-state index contributed by atoms with van der Waals surface area (Å²) in [5.74, 6) is 0.864. The van der Waals surface area contributed by atoms with Crippen molar-refractivity contribution >= 4 is 5.69 Å². The maximum absolute atomic E-state index is 6.09. The lowest BCUT2D eigenvalue weighted by molar-refractivity contribution is 0.403. The monoisotopic (exact) mass is 250 g/mol. The van der Waals surface area contributed by atoms with E-state index in [1.165, 1.54) is 0 Å². The molecule has 0 spiro atoms. The second kappa shape index (κ2) is 5.61. The van der Waals surface area contributed by atoms with Gasteiger partial charge in [-0.2, -0.15) is 0 Å². The molecule has 3 heteroatoms. The van der Waals surface area contributed by atoms with Crippen LogP contribution in [0.4, 0.5) is 5.69 Å². The van der Waals surface area contributed by atoms with E-state index in [-0.39, 0.29) is 11.5 Å². The molecule has 0 bridgehead atoms. The van der Waals surface area contributed by atoms with Crippen LogP contribution in [0.1, 0.15) is 39.3 Å². The van der Waals surface area contributed by atoms with Gasteiger partial charge in [0.15, 0.2) is 0 Å². The van der Waals surface area contributed by atoms with Crippen LogP contribution in [0.5, 0.6) is 5.75 Å². The Morgan fingerprint density at radius 3 is 2.39 bits per heavy atom. The Hall–Kier alpha value is -1.22. The van der Waals surface area contributed by atoms with Crippen molar-refractivity contribution in [1.82, 2.24) is 0 Å². The number of benzene rings is 1. The topological polar surface area (TPSA) is 38.5 Å². The number of nitrogens with zero attached hydrogens (tertiary/aromatic N) is 1. The van der Waals surface area contributed by atoms with Crippen LogP contribution in [0.25, 0.3) is 0 Å². The third-order valence-electron chi connectivity index (χ3n) is 2.84. The predicted octanol–water partition coefficient (Wildman–Crippen LogP) is 3.20. The zero-order chi connectivity index (χ0) is 13.9. The van der Waals surface area contributed by atoms with Crippen molar-refractivity contribution in [3.05, 3.63) is 23.8 Å². The lowest BCUT2D eigenvalue weighted by Crippen LogP contribution is -2.30. The highest BCUT2D eigenvalue weighted by molar-refractivity contribution is 5.60. The first kappa shape index (κ1) is 14.8. The normalized spacial score (nSPS) is 13.3. The van der Waals surface area contributed by atoms with E-state index in [0.717, 1.165) is 23.5 Å². The van der Waals surface area contributed by atoms with E-state index in [1.807, 2.05) is 19.1 Å². The van der Waals surface area contributed by atoms with E-state index < -0.39 is 0 Å². The van der Waals surface area contributed by atoms with E-state index >= 15 is 0 Å². The number of anilines is 1. The molecule has 0 radical (unpaired) electrons. The van der Waals surface area contributed by atoms with Crippen molar-refractivity contribution in [1.29, 1.82) is 0 Å². The molecule has 0 fully saturated rings. The zero-order valence-corrected chi connectivity index (χ0v) is 12.4. The Bertz CT molecular complexity index is 394. The molecule has 18 heavy (non-hydrogen) atoms. The minimum atomic E-state index is -0.0430. The molecule has 0 aliphatic carbocycles. The Morgan fingerprint density at radius 1 is 1.33 bits per heavy atom. The molecule has 1 aromatic carbocycles. The van der Waals surface area contributed by atoms with Crippen LogP contribution in [-0.2, 0) is 0 Å².